The molecule has 1 aliphatic heterocycles. The number of amides is 3. The van der Waals surface area contributed by atoms with Gasteiger partial charge in [0.05, 0.1) is 24.9 Å². The summed E-state index contributed by atoms with van der Waals surface area (Å²) in [6, 6.07) is 10.5. The van der Waals surface area contributed by atoms with Crippen molar-refractivity contribution in [2.45, 2.75) is 12.8 Å². The molecule has 0 radical (unpaired) electrons. The summed E-state index contributed by atoms with van der Waals surface area (Å²) in [5.74, 6) is -1.28. The lowest BCUT2D eigenvalue weighted by Gasteiger charge is -2.20. The fraction of sp³-hybridized carbons (Fsp3) is 0.250. The molecular weight excluding hydrogens is 365 g/mol. The Morgan fingerprint density at radius 2 is 2.00 bits per heavy atom. The molecule has 0 spiro atoms. The number of carbonyl (C=O) groups excluding carboxylic acids is 3. The van der Waals surface area contributed by atoms with Crippen LogP contribution in [0.4, 0.5) is 15.8 Å². The Morgan fingerprint density at radius 3 is 2.68 bits per heavy atom. The van der Waals surface area contributed by atoms with E-state index in [1.165, 1.54) is 31.4 Å². The number of halogens is 1. The molecule has 3 amide bonds. The van der Waals surface area contributed by atoms with Gasteiger partial charge in [0.25, 0.3) is 5.91 Å². The Kier molecular flexibility index (Phi) is 5.88. The van der Waals surface area contributed by atoms with Crippen molar-refractivity contribution in [3.63, 3.8) is 0 Å². The first-order valence-electron chi connectivity index (χ1n) is 8.80. The third-order valence-corrected chi connectivity index (χ3v) is 4.35. The molecule has 2 aromatic rings. The van der Waals surface area contributed by atoms with Crippen LogP contribution in [0.5, 0.6) is 5.75 Å². The maximum atomic E-state index is 13.6. The van der Waals surface area contributed by atoms with Crippen LogP contribution in [0, 0.1) is 5.82 Å². The lowest BCUT2D eigenvalue weighted by atomic mass is 10.2. The summed E-state index contributed by atoms with van der Waals surface area (Å²) < 4.78 is 18.9. The fourth-order valence-corrected chi connectivity index (χ4v) is 2.99. The molecule has 1 saturated heterocycles. The van der Waals surface area contributed by atoms with E-state index in [0.29, 0.717) is 30.1 Å². The van der Waals surface area contributed by atoms with Gasteiger partial charge in [0.2, 0.25) is 11.8 Å². The van der Waals surface area contributed by atoms with Gasteiger partial charge >= 0.3 is 0 Å². The van der Waals surface area contributed by atoms with E-state index < -0.39 is 17.6 Å². The molecule has 1 aliphatic rings. The molecule has 2 aromatic carbocycles. The summed E-state index contributed by atoms with van der Waals surface area (Å²) in [4.78, 5) is 37.8. The Morgan fingerprint density at radius 1 is 1.21 bits per heavy atom. The van der Waals surface area contributed by atoms with Gasteiger partial charge < -0.3 is 20.3 Å². The molecule has 28 heavy (non-hydrogen) atoms. The average Bonchev–Trinajstić information content (AvgIpc) is 3.12. The van der Waals surface area contributed by atoms with E-state index in [1.54, 1.807) is 23.1 Å². The smallest absolute Gasteiger partial charge is 0.254 e. The van der Waals surface area contributed by atoms with Crippen LogP contribution in [0.25, 0.3) is 0 Å². The molecule has 2 N–H and O–H groups in total. The van der Waals surface area contributed by atoms with Crippen molar-refractivity contribution in [1.29, 1.82) is 0 Å². The second kappa shape index (κ2) is 8.51. The van der Waals surface area contributed by atoms with E-state index in [1.807, 2.05) is 0 Å². The Bertz CT molecular complexity index is 916. The highest BCUT2D eigenvalue weighted by molar-refractivity contribution is 6.01. The van der Waals surface area contributed by atoms with Crippen molar-refractivity contribution in [2.24, 2.45) is 0 Å². The zero-order valence-corrected chi connectivity index (χ0v) is 15.3. The van der Waals surface area contributed by atoms with Gasteiger partial charge in [-0.05, 0) is 36.8 Å². The summed E-state index contributed by atoms with van der Waals surface area (Å²) in [6.45, 7) is 0.266. The number of carbonyl (C=O) groups is 3. The lowest BCUT2D eigenvalue weighted by molar-refractivity contribution is -0.117. The first-order valence-corrected chi connectivity index (χ1v) is 8.80. The van der Waals surface area contributed by atoms with Crippen LogP contribution in [0.15, 0.2) is 42.5 Å². The fourth-order valence-electron chi connectivity index (χ4n) is 2.99. The van der Waals surface area contributed by atoms with E-state index in [0.717, 1.165) is 6.42 Å². The standard InChI is InChI=1S/C20H20FN3O4/c1-28-17-9-8-13(11-16(17)24-10-4-7-19(24)26)23-18(25)12-22-20(27)14-5-2-3-6-15(14)21/h2-3,5-6,8-9,11H,4,7,10,12H2,1H3,(H,22,27)(H,23,25). The first kappa shape index (κ1) is 19.3. The van der Waals surface area contributed by atoms with Crippen LogP contribution in [-0.4, -0.2) is 37.9 Å². The Labute approximate surface area is 161 Å². The molecule has 8 heteroatoms. The minimum absolute atomic E-state index is 0.000993. The highest BCUT2D eigenvalue weighted by atomic mass is 19.1. The predicted molar refractivity (Wildman–Crippen MR) is 102 cm³/mol. The van der Waals surface area contributed by atoms with Crippen LogP contribution < -0.4 is 20.3 Å². The predicted octanol–water partition coefficient (Wildman–Crippen LogP) is 2.33. The monoisotopic (exact) mass is 385 g/mol. The minimum atomic E-state index is -0.675. The number of anilines is 2. The number of nitrogens with one attached hydrogen (secondary N) is 2. The normalized spacial score (nSPS) is 13.4. The van der Waals surface area contributed by atoms with Crippen molar-refractivity contribution in [1.82, 2.24) is 5.32 Å². The van der Waals surface area contributed by atoms with Crippen LogP contribution in [0.1, 0.15) is 23.2 Å². The molecule has 0 aliphatic carbocycles. The van der Waals surface area contributed by atoms with Gasteiger partial charge in [-0.2, -0.15) is 0 Å². The van der Waals surface area contributed by atoms with Gasteiger partial charge in [0.1, 0.15) is 11.6 Å². The molecule has 1 heterocycles. The number of ether oxygens (including phenoxy) is 1. The third-order valence-electron chi connectivity index (χ3n) is 4.35. The summed E-state index contributed by atoms with van der Waals surface area (Å²) >= 11 is 0. The molecule has 3 rings (SSSR count). The number of benzene rings is 2. The van der Waals surface area contributed by atoms with Crippen LogP contribution in [0.2, 0.25) is 0 Å². The molecule has 0 aromatic heterocycles. The van der Waals surface area contributed by atoms with E-state index in [2.05, 4.69) is 10.6 Å². The van der Waals surface area contributed by atoms with E-state index >= 15 is 0 Å². The van der Waals surface area contributed by atoms with Gasteiger partial charge in [0, 0.05) is 18.7 Å². The maximum Gasteiger partial charge on any atom is 0.254 e. The number of rotatable bonds is 6. The van der Waals surface area contributed by atoms with Gasteiger partial charge in [-0.3, -0.25) is 14.4 Å². The van der Waals surface area contributed by atoms with Crippen LogP contribution in [-0.2, 0) is 9.59 Å². The SMILES string of the molecule is COc1ccc(NC(=O)CNC(=O)c2ccccc2F)cc1N1CCCC1=O. The molecular formula is C20H20FN3O4. The highest BCUT2D eigenvalue weighted by Crippen LogP contribution is 2.33. The topological polar surface area (TPSA) is 87.7 Å². The zero-order chi connectivity index (χ0) is 20.1. The van der Waals surface area contributed by atoms with E-state index in [4.69, 9.17) is 4.74 Å². The van der Waals surface area contributed by atoms with Gasteiger partial charge in [-0.15, -0.1) is 0 Å². The number of methoxy groups -OCH3 is 1. The van der Waals surface area contributed by atoms with Gasteiger partial charge in [-0.25, -0.2) is 4.39 Å². The summed E-state index contributed by atoms with van der Waals surface area (Å²) in [5.41, 5.74) is 0.911. The van der Waals surface area contributed by atoms with Crippen molar-refractivity contribution in [3.05, 3.63) is 53.8 Å². The average molecular weight is 385 g/mol. The molecule has 0 saturated carbocycles. The summed E-state index contributed by atoms with van der Waals surface area (Å²) in [6.07, 6.45) is 1.24. The molecule has 0 unspecified atom stereocenters. The summed E-state index contributed by atoms with van der Waals surface area (Å²) in [5, 5.41) is 5.03. The molecule has 7 nitrogen and oxygen atoms in total. The molecule has 1 fully saturated rings. The van der Waals surface area contributed by atoms with Crippen molar-refractivity contribution >= 4 is 29.1 Å². The van der Waals surface area contributed by atoms with Crippen LogP contribution in [0.3, 0.4) is 0 Å². The number of hydrogen-bond donors (Lipinski definition) is 2. The van der Waals surface area contributed by atoms with Crippen LogP contribution >= 0.6 is 0 Å². The Hall–Kier alpha value is -3.42. The quantitative estimate of drug-likeness (QED) is 0.799. The minimum Gasteiger partial charge on any atom is -0.495 e. The number of hydrogen-bond acceptors (Lipinski definition) is 4. The second-order valence-electron chi connectivity index (χ2n) is 6.25. The third kappa shape index (κ3) is 4.28. The molecule has 146 valence electrons. The zero-order valence-electron chi connectivity index (χ0n) is 15.3. The molecule has 0 bridgehead atoms. The van der Waals surface area contributed by atoms with Crippen molar-refractivity contribution < 1.29 is 23.5 Å². The number of nitrogens with zero attached hydrogens (tertiary/aromatic N) is 1. The molecule has 0 atom stereocenters. The van der Waals surface area contributed by atoms with Crippen molar-refractivity contribution in [3.8, 4) is 5.75 Å². The van der Waals surface area contributed by atoms with E-state index in [-0.39, 0.29) is 18.0 Å². The Balaban J connectivity index is 1.65. The summed E-state index contributed by atoms with van der Waals surface area (Å²) in [7, 11) is 1.51. The lowest BCUT2D eigenvalue weighted by Crippen LogP contribution is -2.33. The highest BCUT2D eigenvalue weighted by Gasteiger charge is 2.25. The largest absolute Gasteiger partial charge is 0.495 e. The van der Waals surface area contributed by atoms with Gasteiger partial charge in [-0.1, -0.05) is 12.1 Å². The maximum absolute atomic E-state index is 13.6. The second-order valence-corrected chi connectivity index (χ2v) is 6.25. The van der Waals surface area contributed by atoms with Crippen molar-refractivity contribution in [2.75, 3.05) is 30.4 Å². The van der Waals surface area contributed by atoms with E-state index in [9.17, 15) is 18.8 Å². The first-order chi connectivity index (χ1) is 13.5. The van der Waals surface area contributed by atoms with Gasteiger partial charge in [0.15, 0.2) is 0 Å².